The maximum atomic E-state index is 13.1. The Bertz CT molecular complexity index is 1230. The van der Waals surface area contributed by atoms with E-state index in [1.807, 2.05) is 13.0 Å². The van der Waals surface area contributed by atoms with Crippen LogP contribution in [0, 0.1) is 13.8 Å². The number of piperazine rings is 1. The van der Waals surface area contributed by atoms with E-state index in [-0.39, 0.29) is 24.7 Å². The van der Waals surface area contributed by atoms with Crippen LogP contribution in [0.15, 0.2) is 47.4 Å². The Morgan fingerprint density at radius 1 is 0.906 bits per heavy atom. The summed E-state index contributed by atoms with van der Waals surface area (Å²) >= 11 is 0. The van der Waals surface area contributed by atoms with Gasteiger partial charge < -0.3 is 4.90 Å². The standard InChI is InChI=1S/C22H27N3O5S2/c1-17-4-9-21(18(2)16-17)32(29,30)24-13-11-23(12-14-24)22(26)19-5-7-20(8-6-19)25-10-3-15-31(25,27)28/h4-9,16H,3,10-15H2,1-2H3. The summed E-state index contributed by atoms with van der Waals surface area (Å²) < 4.78 is 53.1. The minimum Gasteiger partial charge on any atom is -0.336 e. The third kappa shape index (κ3) is 4.26. The number of anilines is 1. The molecule has 1 amide bonds. The summed E-state index contributed by atoms with van der Waals surface area (Å²) in [6.07, 6.45) is 0.596. The van der Waals surface area contributed by atoms with E-state index in [2.05, 4.69) is 0 Å². The van der Waals surface area contributed by atoms with Gasteiger partial charge in [0.15, 0.2) is 0 Å². The average Bonchev–Trinajstić information content (AvgIpc) is 3.12. The lowest BCUT2D eigenvalue weighted by Gasteiger charge is -2.34. The van der Waals surface area contributed by atoms with Crippen molar-refractivity contribution in [1.82, 2.24) is 9.21 Å². The van der Waals surface area contributed by atoms with Gasteiger partial charge in [-0.05, 0) is 56.2 Å². The van der Waals surface area contributed by atoms with E-state index in [1.54, 1.807) is 48.2 Å². The van der Waals surface area contributed by atoms with Gasteiger partial charge in [0.2, 0.25) is 20.0 Å². The fourth-order valence-electron chi connectivity index (χ4n) is 4.24. The molecule has 0 atom stereocenters. The number of hydrogen-bond acceptors (Lipinski definition) is 5. The second-order valence-electron chi connectivity index (χ2n) is 8.25. The largest absolute Gasteiger partial charge is 0.336 e. The van der Waals surface area contributed by atoms with Gasteiger partial charge in [0.25, 0.3) is 5.91 Å². The molecule has 0 spiro atoms. The Labute approximate surface area is 189 Å². The fourth-order valence-corrected chi connectivity index (χ4v) is 7.43. The van der Waals surface area contributed by atoms with Crippen molar-refractivity contribution >= 4 is 31.6 Å². The Morgan fingerprint density at radius 3 is 2.12 bits per heavy atom. The first-order chi connectivity index (χ1) is 15.1. The van der Waals surface area contributed by atoms with Crippen molar-refractivity contribution in [2.45, 2.75) is 25.2 Å². The Morgan fingerprint density at radius 2 is 1.56 bits per heavy atom. The van der Waals surface area contributed by atoms with E-state index >= 15 is 0 Å². The first-order valence-electron chi connectivity index (χ1n) is 10.6. The van der Waals surface area contributed by atoms with E-state index in [1.165, 1.54) is 8.61 Å². The smallest absolute Gasteiger partial charge is 0.253 e. The van der Waals surface area contributed by atoms with Crippen molar-refractivity contribution in [2.24, 2.45) is 0 Å². The van der Waals surface area contributed by atoms with Gasteiger partial charge in [0.05, 0.1) is 16.3 Å². The van der Waals surface area contributed by atoms with Crippen LogP contribution in [0.25, 0.3) is 0 Å². The molecule has 2 aliphatic rings. The maximum Gasteiger partial charge on any atom is 0.253 e. The first kappa shape index (κ1) is 22.8. The van der Waals surface area contributed by atoms with Crippen LogP contribution in [0.4, 0.5) is 5.69 Å². The van der Waals surface area contributed by atoms with Crippen LogP contribution in [0.3, 0.4) is 0 Å². The minimum absolute atomic E-state index is 0.142. The summed E-state index contributed by atoms with van der Waals surface area (Å²) in [5.41, 5.74) is 2.73. The third-order valence-electron chi connectivity index (χ3n) is 5.98. The highest BCUT2D eigenvalue weighted by atomic mass is 32.2. The van der Waals surface area contributed by atoms with Crippen LogP contribution >= 0.6 is 0 Å². The zero-order chi connectivity index (χ0) is 23.1. The van der Waals surface area contributed by atoms with E-state index in [4.69, 9.17) is 0 Å². The first-order valence-corrected chi connectivity index (χ1v) is 13.6. The number of benzene rings is 2. The van der Waals surface area contributed by atoms with Crippen LogP contribution in [0.1, 0.15) is 27.9 Å². The maximum absolute atomic E-state index is 13.1. The molecule has 0 bridgehead atoms. The zero-order valence-corrected chi connectivity index (χ0v) is 19.8. The zero-order valence-electron chi connectivity index (χ0n) is 18.2. The van der Waals surface area contributed by atoms with Gasteiger partial charge in [-0.15, -0.1) is 0 Å². The lowest BCUT2D eigenvalue weighted by atomic mass is 10.1. The minimum atomic E-state index is -3.62. The van der Waals surface area contributed by atoms with Crippen molar-refractivity contribution in [3.8, 4) is 0 Å². The number of hydrogen-bond donors (Lipinski definition) is 0. The number of aryl methyl sites for hydroxylation is 2. The van der Waals surface area contributed by atoms with E-state index in [0.29, 0.717) is 47.8 Å². The molecular formula is C22H27N3O5S2. The van der Waals surface area contributed by atoms with Gasteiger partial charge in [-0.2, -0.15) is 4.31 Å². The van der Waals surface area contributed by atoms with Gasteiger partial charge in [-0.1, -0.05) is 17.7 Å². The summed E-state index contributed by atoms with van der Waals surface area (Å²) in [7, 11) is -6.88. The van der Waals surface area contributed by atoms with Gasteiger partial charge in [-0.3, -0.25) is 9.10 Å². The number of sulfonamides is 2. The van der Waals surface area contributed by atoms with Gasteiger partial charge >= 0.3 is 0 Å². The molecular weight excluding hydrogens is 450 g/mol. The van der Waals surface area contributed by atoms with E-state index in [9.17, 15) is 21.6 Å². The van der Waals surface area contributed by atoms with E-state index < -0.39 is 20.0 Å². The number of rotatable bonds is 4. The number of carbonyl (C=O) groups excluding carboxylic acids is 1. The molecule has 172 valence electrons. The van der Waals surface area contributed by atoms with Crippen LogP contribution in [0.5, 0.6) is 0 Å². The third-order valence-corrected chi connectivity index (χ3v) is 9.90. The Hall–Kier alpha value is -2.43. The fraction of sp³-hybridized carbons (Fsp3) is 0.409. The molecule has 2 saturated heterocycles. The van der Waals surface area contributed by atoms with Crippen molar-refractivity contribution in [3.63, 3.8) is 0 Å². The van der Waals surface area contributed by atoms with Crippen LogP contribution in [-0.2, 0) is 20.0 Å². The number of nitrogens with zero attached hydrogens (tertiary/aromatic N) is 3. The highest BCUT2D eigenvalue weighted by Crippen LogP contribution is 2.25. The molecule has 10 heteroatoms. The van der Waals surface area contributed by atoms with E-state index in [0.717, 1.165) is 5.56 Å². The lowest BCUT2D eigenvalue weighted by molar-refractivity contribution is 0.0698. The predicted molar refractivity (Wildman–Crippen MR) is 123 cm³/mol. The SMILES string of the molecule is Cc1ccc(S(=O)(=O)N2CCN(C(=O)c3ccc(N4CCCS4(=O)=O)cc3)CC2)c(C)c1. The van der Waals surface area contributed by atoms with Crippen LogP contribution in [0.2, 0.25) is 0 Å². The molecule has 4 rings (SSSR count). The second-order valence-corrected chi connectivity index (χ2v) is 12.2. The molecule has 0 radical (unpaired) electrons. The van der Waals surface area contributed by atoms with Crippen molar-refractivity contribution < 1.29 is 21.6 Å². The second kappa shape index (κ2) is 8.49. The van der Waals surface area contributed by atoms with Gasteiger partial charge in [0.1, 0.15) is 0 Å². The molecule has 2 heterocycles. The quantitative estimate of drug-likeness (QED) is 0.671. The van der Waals surface area contributed by atoms with Gasteiger partial charge in [-0.25, -0.2) is 16.8 Å². The number of amides is 1. The number of carbonyl (C=O) groups is 1. The van der Waals surface area contributed by atoms with Crippen LogP contribution < -0.4 is 4.31 Å². The summed E-state index contributed by atoms with van der Waals surface area (Å²) in [6, 6.07) is 11.8. The Kier molecular flexibility index (Phi) is 6.04. The highest BCUT2D eigenvalue weighted by molar-refractivity contribution is 7.93. The van der Waals surface area contributed by atoms with Gasteiger partial charge in [0, 0.05) is 38.3 Å². The topological polar surface area (TPSA) is 95.1 Å². The van der Waals surface area contributed by atoms with Crippen molar-refractivity contribution in [3.05, 3.63) is 59.2 Å². The molecule has 8 nitrogen and oxygen atoms in total. The lowest BCUT2D eigenvalue weighted by Crippen LogP contribution is -2.50. The normalized spacial score (nSPS) is 19.3. The molecule has 0 aromatic heterocycles. The average molecular weight is 478 g/mol. The molecule has 2 aromatic carbocycles. The molecule has 0 N–H and O–H groups in total. The predicted octanol–water partition coefficient (Wildman–Crippen LogP) is 1.99. The molecule has 0 saturated carbocycles. The highest BCUT2D eigenvalue weighted by Gasteiger charge is 2.32. The van der Waals surface area contributed by atoms with Crippen molar-refractivity contribution in [1.29, 1.82) is 0 Å². The Balaban J connectivity index is 1.42. The molecule has 0 aliphatic carbocycles. The monoisotopic (exact) mass is 477 g/mol. The summed E-state index contributed by atoms with van der Waals surface area (Å²) in [5.74, 6) is -0.0485. The molecule has 2 aliphatic heterocycles. The molecule has 2 fully saturated rings. The van der Waals surface area contributed by atoms with Crippen molar-refractivity contribution in [2.75, 3.05) is 42.8 Å². The summed E-state index contributed by atoms with van der Waals surface area (Å²) in [6.45, 7) is 5.21. The summed E-state index contributed by atoms with van der Waals surface area (Å²) in [4.78, 5) is 14.8. The molecule has 32 heavy (non-hydrogen) atoms. The molecule has 2 aromatic rings. The van der Waals surface area contributed by atoms with Crippen LogP contribution in [-0.4, -0.2) is 70.4 Å². The summed E-state index contributed by atoms with van der Waals surface area (Å²) in [5, 5.41) is 0. The molecule has 0 unspecified atom stereocenters.